The molecule has 4 N–H and O–H groups in total. The van der Waals surface area contributed by atoms with Crippen LogP contribution in [0.3, 0.4) is 0 Å². The summed E-state index contributed by atoms with van der Waals surface area (Å²) >= 11 is 3.17. The Labute approximate surface area is 130 Å². The van der Waals surface area contributed by atoms with Crippen molar-refractivity contribution in [2.75, 3.05) is 18.4 Å². The number of carbonyl (C=O) groups is 3. The van der Waals surface area contributed by atoms with Crippen LogP contribution in [0.5, 0.6) is 0 Å². The highest BCUT2D eigenvalue weighted by molar-refractivity contribution is 9.10. The summed E-state index contributed by atoms with van der Waals surface area (Å²) < 4.78 is 0.438. The minimum absolute atomic E-state index is 0.0463. The fourth-order valence-electron chi connectivity index (χ4n) is 1.47. The van der Waals surface area contributed by atoms with Gasteiger partial charge in [0, 0.05) is 11.0 Å². The van der Waals surface area contributed by atoms with E-state index < -0.39 is 12.0 Å². The molecule has 0 aliphatic carbocycles. The molecule has 21 heavy (non-hydrogen) atoms. The molecule has 0 aromatic heterocycles. The number of hydrogen-bond donors (Lipinski definition) is 4. The largest absolute Gasteiger partial charge is 0.478 e. The Hall–Kier alpha value is -2.09. The number of para-hydroxylation sites is 1. The normalized spacial score (nSPS) is 9.81. The molecule has 0 spiro atoms. The molecule has 0 saturated carbocycles. The van der Waals surface area contributed by atoms with Gasteiger partial charge in [-0.1, -0.05) is 13.0 Å². The van der Waals surface area contributed by atoms with Crippen molar-refractivity contribution in [3.63, 3.8) is 0 Å². The molecular formula is C13H16BrN3O4. The first-order valence-electron chi connectivity index (χ1n) is 6.29. The lowest BCUT2D eigenvalue weighted by molar-refractivity contribution is -0.120. The highest BCUT2D eigenvalue weighted by atomic mass is 79.9. The Morgan fingerprint density at radius 3 is 2.57 bits per heavy atom. The van der Waals surface area contributed by atoms with Gasteiger partial charge < -0.3 is 21.1 Å². The Morgan fingerprint density at radius 2 is 1.95 bits per heavy atom. The topological polar surface area (TPSA) is 108 Å². The molecule has 1 aromatic rings. The first kappa shape index (κ1) is 17.0. The molecule has 0 fully saturated rings. The lowest BCUT2D eigenvalue weighted by Crippen LogP contribution is -2.39. The smallest absolute Gasteiger partial charge is 0.337 e. The molecule has 3 amide bonds. The van der Waals surface area contributed by atoms with E-state index in [-0.39, 0.29) is 23.7 Å². The minimum atomic E-state index is -1.16. The highest BCUT2D eigenvalue weighted by Gasteiger charge is 2.15. The minimum Gasteiger partial charge on any atom is -0.478 e. The van der Waals surface area contributed by atoms with E-state index in [1.165, 1.54) is 6.07 Å². The Balaban J connectivity index is 2.63. The van der Waals surface area contributed by atoms with Crippen molar-refractivity contribution in [1.29, 1.82) is 0 Å². The van der Waals surface area contributed by atoms with Gasteiger partial charge in [0.1, 0.15) is 0 Å². The van der Waals surface area contributed by atoms with E-state index in [0.29, 0.717) is 11.0 Å². The predicted molar refractivity (Wildman–Crippen MR) is 81.4 cm³/mol. The Morgan fingerprint density at radius 1 is 1.24 bits per heavy atom. The van der Waals surface area contributed by atoms with E-state index in [4.69, 9.17) is 5.11 Å². The second-order valence-electron chi connectivity index (χ2n) is 4.13. The summed E-state index contributed by atoms with van der Waals surface area (Å²) in [6.45, 7) is 2.27. The van der Waals surface area contributed by atoms with Crippen molar-refractivity contribution in [1.82, 2.24) is 10.6 Å². The third-order valence-corrected chi connectivity index (χ3v) is 3.13. The second-order valence-corrected chi connectivity index (χ2v) is 4.98. The number of aromatic carboxylic acids is 1. The molecule has 0 atom stereocenters. The van der Waals surface area contributed by atoms with Crippen LogP contribution in [0, 0.1) is 0 Å². The third-order valence-electron chi connectivity index (χ3n) is 2.46. The number of benzene rings is 1. The van der Waals surface area contributed by atoms with Crippen molar-refractivity contribution >= 4 is 39.5 Å². The summed E-state index contributed by atoms with van der Waals surface area (Å²) in [5.74, 6) is -1.47. The van der Waals surface area contributed by atoms with Crippen LogP contribution in [-0.2, 0) is 4.79 Å². The van der Waals surface area contributed by atoms with E-state index >= 15 is 0 Å². The summed E-state index contributed by atoms with van der Waals surface area (Å²) in [6.07, 6.45) is 0.802. The summed E-state index contributed by atoms with van der Waals surface area (Å²) in [5.41, 5.74) is 0.0893. The molecule has 0 aliphatic heterocycles. The van der Waals surface area contributed by atoms with Gasteiger partial charge in [-0.2, -0.15) is 0 Å². The van der Waals surface area contributed by atoms with Crippen molar-refractivity contribution < 1.29 is 19.5 Å². The molecule has 7 nitrogen and oxygen atoms in total. The van der Waals surface area contributed by atoms with Crippen molar-refractivity contribution in [3.8, 4) is 0 Å². The molecule has 0 radical (unpaired) electrons. The first-order valence-corrected chi connectivity index (χ1v) is 7.08. The molecular weight excluding hydrogens is 342 g/mol. The molecule has 1 aromatic carbocycles. The quantitative estimate of drug-likeness (QED) is 0.622. The third kappa shape index (κ3) is 5.42. The average Bonchev–Trinajstić information content (AvgIpc) is 2.44. The van der Waals surface area contributed by atoms with Crippen LogP contribution in [0.15, 0.2) is 22.7 Å². The maximum atomic E-state index is 11.7. The van der Waals surface area contributed by atoms with E-state index in [1.807, 2.05) is 6.92 Å². The number of anilines is 1. The lowest BCUT2D eigenvalue weighted by atomic mass is 10.2. The predicted octanol–water partition coefficient (Wildman–Crippen LogP) is 1.79. The zero-order chi connectivity index (χ0) is 15.8. The lowest BCUT2D eigenvalue weighted by Gasteiger charge is -2.11. The number of carboxylic acid groups (broad SMARTS) is 1. The molecule has 114 valence electrons. The molecule has 0 bridgehead atoms. The number of amides is 3. The van der Waals surface area contributed by atoms with Gasteiger partial charge in [0.15, 0.2) is 0 Å². The molecule has 8 heteroatoms. The van der Waals surface area contributed by atoms with Gasteiger partial charge >= 0.3 is 12.0 Å². The molecule has 1 rings (SSSR count). The van der Waals surface area contributed by atoms with Crippen LogP contribution < -0.4 is 16.0 Å². The first-order chi connectivity index (χ1) is 9.95. The van der Waals surface area contributed by atoms with E-state index in [0.717, 1.165) is 6.42 Å². The van der Waals surface area contributed by atoms with Gasteiger partial charge in [-0.3, -0.25) is 4.79 Å². The SMILES string of the molecule is CCCNC(=O)CNC(=O)Nc1c(Br)cccc1C(=O)O. The highest BCUT2D eigenvalue weighted by Crippen LogP contribution is 2.26. The summed E-state index contributed by atoms with van der Waals surface area (Å²) in [7, 11) is 0. The summed E-state index contributed by atoms with van der Waals surface area (Å²) in [4.78, 5) is 34.1. The van der Waals surface area contributed by atoms with Crippen LogP contribution in [-0.4, -0.2) is 36.1 Å². The number of hydrogen-bond acceptors (Lipinski definition) is 3. The average molecular weight is 358 g/mol. The van der Waals surface area contributed by atoms with Crippen LogP contribution in [0.4, 0.5) is 10.5 Å². The summed E-state index contributed by atoms with van der Waals surface area (Å²) in [6, 6.07) is 3.87. The van der Waals surface area contributed by atoms with Crippen molar-refractivity contribution in [2.45, 2.75) is 13.3 Å². The van der Waals surface area contributed by atoms with Crippen molar-refractivity contribution in [3.05, 3.63) is 28.2 Å². The molecule has 0 heterocycles. The van der Waals surface area contributed by atoms with Gasteiger partial charge in [0.2, 0.25) is 5.91 Å². The molecule has 0 saturated heterocycles. The van der Waals surface area contributed by atoms with E-state index in [2.05, 4.69) is 31.9 Å². The zero-order valence-electron chi connectivity index (χ0n) is 11.4. The monoisotopic (exact) mass is 357 g/mol. The number of nitrogens with one attached hydrogen (secondary N) is 3. The zero-order valence-corrected chi connectivity index (χ0v) is 13.0. The van der Waals surface area contributed by atoms with Crippen molar-refractivity contribution in [2.24, 2.45) is 0 Å². The number of urea groups is 1. The number of halogens is 1. The Kier molecular flexibility index (Phi) is 6.67. The van der Waals surface area contributed by atoms with Crippen LogP contribution >= 0.6 is 15.9 Å². The van der Waals surface area contributed by atoms with Crippen LogP contribution in [0.1, 0.15) is 23.7 Å². The fraction of sp³-hybridized carbons (Fsp3) is 0.308. The number of rotatable bonds is 6. The van der Waals surface area contributed by atoms with E-state index in [1.54, 1.807) is 12.1 Å². The van der Waals surface area contributed by atoms with Gasteiger partial charge in [0.25, 0.3) is 0 Å². The number of carbonyl (C=O) groups excluding carboxylic acids is 2. The number of carboxylic acids is 1. The maximum Gasteiger partial charge on any atom is 0.337 e. The van der Waals surface area contributed by atoms with Gasteiger partial charge in [-0.15, -0.1) is 0 Å². The van der Waals surface area contributed by atoms with Gasteiger partial charge in [0.05, 0.1) is 17.8 Å². The van der Waals surface area contributed by atoms with Crippen LogP contribution in [0.25, 0.3) is 0 Å². The molecule has 0 aliphatic rings. The van der Waals surface area contributed by atoms with Gasteiger partial charge in [-0.05, 0) is 34.5 Å². The maximum absolute atomic E-state index is 11.7. The standard InChI is InChI=1S/C13H16BrN3O4/c1-2-6-15-10(18)7-16-13(21)17-11-8(12(19)20)4-3-5-9(11)14/h3-5H,2,6-7H2,1H3,(H,15,18)(H,19,20)(H2,16,17,21). The summed E-state index contributed by atoms with van der Waals surface area (Å²) in [5, 5.41) is 16.4. The second kappa shape index (κ2) is 8.25. The molecule has 0 unspecified atom stereocenters. The van der Waals surface area contributed by atoms with Crippen LogP contribution in [0.2, 0.25) is 0 Å². The van der Waals surface area contributed by atoms with Gasteiger partial charge in [-0.25, -0.2) is 9.59 Å². The Bertz CT molecular complexity index is 548. The fourth-order valence-corrected chi connectivity index (χ4v) is 1.94. The van der Waals surface area contributed by atoms with E-state index in [9.17, 15) is 14.4 Å².